The van der Waals surface area contributed by atoms with E-state index < -0.39 is 12.1 Å². The molecule has 0 aromatic heterocycles. The summed E-state index contributed by atoms with van der Waals surface area (Å²) in [6.45, 7) is 3.34. The number of hydrogen-bond donors (Lipinski definition) is 0. The Morgan fingerprint density at radius 1 is 1.03 bits per heavy atom. The number of morpholine rings is 1. The molecule has 7 nitrogen and oxygen atoms in total. The zero-order chi connectivity index (χ0) is 21.1. The Hall–Kier alpha value is -3.19. The van der Waals surface area contributed by atoms with E-state index in [9.17, 15) is 14.4 Å². The molecule has 2 atom stereocenters. The average Bonchev–Trinajstić information content (AvgIpc) is 2.99. The molecule has 2 aromatic carbocycles. The molecular weight excluding hydrogens is 382 g/mol. The van der Waals surface area contributed by atoms with Gasteiger partial charge in [0.1, 0.15) is 12.6 Å². The fraction of sp³-hybridized carbons (Fsp3) is 0.348. The Kier molecular flexibility index (Phi) is 5.81. The molecule has 0 spiro atoms. The number of imide groups is 1. The molecular formula is C23H25N3O4. The summed E-state index contributed by atoms with van der Waals surface area (Å²) in [6, 6.07) is 17.6. The maximum atomic E-state index is 13.3. The predicted octanol–water partition coefficient (Wildman–Crippen LogP) is 2.44. The van der Waals surface area contributed by atoms with Gasteiger partial charge < -0.3 is 14.5 Å². The summed E-state index contributed by atoms with van der Waals surface area (Å²) in [5.74, 6) is -0.600. The average molecular weight is 407 g/mol. The van der Waals surface area contributed by atoms with Crippen LogP contribution in [0.15, 0.2) is 60.7 Å². The van der Waals surface area contributed by atoms with Crippen molar-refractivity contribution in [1.82, 2.24) is 14.7 Å². The lowest BCUT2D eigenvalue weighted by atomic mass is 10.1. The zero-order valence-electron chi connectivity index (χ0n) is 16.9. The number of benzene rings is 2. The highest BCUT2D eigenvalue weighted by molar-refractivity contribution is 6.06. The van der Waals surface area contributed by atoms with Crippen molar-refractivity contribution >= 4 is 17.8 Å². The van der Waals surface area contributed by atoms with Gasteiger partial charge in [-0.05, 0) is 18.1 Å². The molecule has 2 heterocycles. The van der Waals surface area contributed by atoms with Crippen LogP contribution in [-0.4, -0.2) is 64.9 Å². The van der Waals surface area contributed by atoms with E-state index in [2.05, 4.69) is 0 Å². The third kappa shape index (κ3) is 4.07. The summed E-state index contributed by atoms with van der Waals surface area (Å²) in [7, 11) is 0. The number of amides is 4. The lowest BCUT2D eigenvalue weighted by Crippen LogP contribution is -2.49. The van der Waals surface area contributed by atoms with Gasteiger partial charge >= 0.3 is 6.03 Å². The van der Waals surface area contributed by atoms with Gasteiger partial charge in [-0.15, -0.1) is 0 Å². The molecule has 0 N–H and O–H groups in total. The normalized spacial score (nSPS) is 22.0. The molecule has 0 aliphatic carbocycles. The van der Waals surface area contributed by atoms with Crippen molar-refractivity contribution in [3.63, 3.8) is 0 Å². The number of rotatable bonds is 5. The maximum Gasteiger partial charge on any atom is 0.328 e. The van der Waals surface area contributed by atoms with E-state index in [0.717, 1.165) is 16.0 Å². The zero-order valence-corrected chi connectivity index (χ0v) is 16.9. The van der Waals surface area contributed by atoms with Crippen molar-refractivity contribution in [1.29, 1.82) is 0 Å². The van der Waals surface area contributed by atoms with Crippen molar-refractivity contribution in [3.8, 4) is 0 Å². The molecule has 4 rings (SSSR count). The second-order valence-corrected chi connectivity index (χ2v) is 7.65. The summed E-state index contributed by atoms with van der Waals surface area (Å²) >= 11 is 0. The summed E-state index contributed by atoms with van der Waals surface area (Å²) < 4.78 is 5.48. The van der Waals surface area contributed by atoms with E-state index in [1.165, 1.54) is 0 Å². The molecule has 2 aliphatic rings. The fourth-order valence-electron chi connectivity index (χ4n) is 3.96. The Bertz CT molecular complexity index is 919. The van der Waals surface area contributed by atoms with Gasteiger partial charge in [-0.1, -0.05) is 60.7 Å². The van der Waals surface area contributed by atoms with E-state index in [1.54, 1.807) is 9.80 Å². The number of nitrogens with zero attached hydrogens (tertiary/aromatic N) is 3. The molecule has 0 saturated carbocycles. The monoisotopic (exact) mass is 407 g/mol. The maximum absolute atomic E-state index is 13.3. The molecule has 156 valence electrons. The van der Waals surface area contributed by atoms with Gasteiger partial charge in [0.2, 0.25) is 5.91 Å². The van der Waals surface area contributed by atoms with Crippen molar-refractivity contribution < 1.29 is 19.1 Å². The number of ether oxygens (including phenoxy) is 1. The smallest absolute Gasteiger partial charge is 0.328 e. The van der Waals surface area contributed by atoms with Crippen molar-refractivity contribution in [3.05, 3.63) is 71.8 Å². The summed E-state index contributed by atoms with van der Waals surface area (Å²) in [5.41, 5.74) is 1.66. The lowest BCUT2D eigenvalue weighted by molar-refractivity contribution is -0.142. The lowest BCUT2D eigenvalue weighted by Gasteiger charge is -2.32. The third-order valence-corrected chi connectivity index (χ3v) is 5.49. The van der Waals surface area contributed by atoms with Crippen LogP contribution >= 0.6 is 0 Å². The van der Waals surface area contributed by atoms with Crippen molar-refractivity contribution in [2.24, 2.45) is 0 Å². The Balaban J connectivity index is 1.58. The minimum atomic E-state index is -0.740. The van der Waals surface area contributed by atoms with Crippen LogP contribution in [0.2, 0.25) is 0 Å². The summed E-state index contributed by atoms with van der Waals surface area (Å²) in [5, 5.41) is 0. The van der Waals surface area contributed by atoms with Gasteiger partial charge in [0.15, 0.2) is 0 Å². The second kappa shape index (κ2) is 8.67. The molecule has 2 unspecified atom stereocenters. The molecule has 2 aromatic rings. The minimum Gasteiger partial charge on any atom is -0.375 e. The second-order valence-electron chi connectivity index (χ2n) is 7.65. The molecule has 4 amide bonds. The molecule has 30 heavy (non-hydrogen) atoms. The van der Waals surface area contributed by atoms with Crippen LogP contribution in [0, 0.1) is 0 Å². The predicted molar refractivity (Wildman–Crippen MR) is 110 cm³/mol. The van der Waals surface area contributed by atoms with Gasteiger partial charge in [0.25, 0.3) is 5.91 Å². The van der Waals surface area contributed by atoms with Crippen LogP contribution in [0.1, 0.15) is 24.1 Å². The standard InChI is InChI=1S/C23H25N3O4/c1-17-14-24(12-13-30-17)20(27)16-26-22(28)21(19-10-6-3-7-11-19)25(23(26)29)15-18-8-4-2-5-9-18/h2-11,17,21H,12-16H2,1H3. The number of carbonyl (C=O) groups excluding carboxylic acids is 3. The first-order valence-electron chi connectivity index (χ1n) is 10.1. The van der Waals surface area contributed by atoms with Crippen molar-refractivity contribution in [2.45, 2.75) is 25.6 Å². The van der Waals surface area contributed by atoms with Gasteiger partial charge in [-0.2, -0.15) is 0 Å². The SMILES string of the molecule is CC1CN(C(=O)CN2C(=O)C(c3ccccc3)N(Cc3ccccc3)C2=O)CCO1. The highest BCUT2D eigenvalue weighted by Crippen LogP contribution is 2.32. The third-order valence-electron chi connectivity index (χ3n) is 5.49. The van der Waals surface area contributed by atoms with Crippen LogP contribution in [0.3, 0.4) is 0 Å². The van der Waals surface area contributed by atoms with Gasteiger partial charge in [-0.3, -0.25) is 14.5 Å². The van der Waals surface area contributed by atoms with E-state index >= 15 is 0 Å². The molecule has 0 bridgehead atoms. The Labute approximate surface area is 175 Å². The first-order valence-corrected chi connectivity index (χ1v) is 10.1. The van der Waals surface area contributed by atoms with Crippen LogP contribution in [0.5, 0.6) is 0 Å². The largest absolute Gasteiger partial charge is 0.375 e. The van der Waals surface area contributed by atoms with Crippen LogP contribution in [0.25, 0.3) is 0 Å². The van der Waals surface area contributed by atoms with Crippen LogP contribution < -0.4 is 0 Å². The summed E-state index contributed by atoms with van der Waals surface area (Å²) in [4.78, 5) is 43.6. The molecule has 2 aliphatic heterocycles. The number of carbonyl (C=O) groups is 3. The van der Waals surface area contributed by atoms with Gasteiger partial charge in [0, 0.05) is 19.6 Å². The highest BCUT2D eigenvalue weighted by Gasteiger charge is 2.46. The summed E-state index contributed by atoms with van der Waals surface area (Å²) in [6.07, 6.45) is -0.0562. The Morgan fingerprint density at radius 2 is 1.70 bits per heavy atom. The van der Waals surface area contributed by atoms with Crippen LogP contribution in [-0.2, 0) is 20.9 Å². The molecule has 0 radical (unpaired) electrons. The molecule has 2 fully saturated rings. The topological polar surface area (TPSA) is 70.2 Å². The quantitative estimate of drug-likeness (QED) is 0.714. The van der Waals surface area contributed by atoms with Gasteiger partial charge in [0.05, 0.1) is 12.7 Å². The van der Waals surface area contributed by atoms with E-state index in [1.807, 2.05) is 67.6 Å². The first kappa shape index (κ1) is 20.1. The first-order chi connectivity index (χ1) is 14.5. The van der Waals surface area contributed by atoms with Crippen molar-refractivity contribution in [2.75, 3.05) is 26.2 Å². The highest BCUT2D eigenvalue weighted by atomic mass is 16.5. The van der Waals surface area contributed by atoms with E-state index in [0.29, 0.717) is 26.2 Å². The van der Waals surface area contributed by atoms with Crippen LogP contribution in [0.4, 0.5) is 4.79 Å². The number of urea groups is 1. The fourth-order valence-corrected chi connectivity index (χ4v) is 3.96. The van der Waals surface area contributed by atoms with E-state index in [-0.39, 0.29) is 24.5 Å². The Morgan fingerprint density at radius 3 is 2.37 bits per heavy atom. The molecule has 7 heteroatoms. The number of hydrogen-bond acceptors (Lipinski definition) is 4. The van der Waals surface area contributed by atoms with E-state index in [4.69, 9.17) is 4.74 Å². The van der Waals surface area contributed by atoms with Gasteiger partial charge in [-0.25, -0.2) is 4.79 Å². The molecule has 2 saturated heterocycles. The minimum absolute atomic E-state index is 0.0562.